The molecule has 0 radical (unpaired) electrons. The Kier molecular flexibility index (Phi) is 4.58. The fraction of sp³-hybridized carbons (Fsp3) is 0.833. The maximum atomic E-state index is 12.0. The van der Waals surface area contributed by atoms with Gasteiger partial charge < -0.3 is 4.74 Å². The summed E-state index contributed by atoms with van der Waals surface area (Å²) in [5, 5.41) is 0.264. The van der Waals surface area contributed by atoms with Crippen LogP contribution in [0.25, 0.3) is 0 Å². The molecule has 0 aliphatic heterocycles. The number of amides is 1. The van der Waals surface area contributed by atoms with Crippen molar-refractivity contribution in [2.45, 2.75) is 58.2 Å². The smallest absolute Gasteiger partial charge is 0.411 e. The lowest BCUT2D eigenvalue weighted by atomic mass is 10.2. The molecule has 1 amide bonds. The highest BCUT2D eigenvalue weighted by Crippen LogP contribution is 2.30. The molecule has 0 bridgehead atoms. The first-order valence-electron chi connectivity index (χ1n) is 5.86. The lowest BCUT2D eigenvalue weighted by Gasteiger charge is -2.30. The minimum absolute atomic E-state index is 0.00255. The van der Waals surface area contributed by atoms with Crippen molar-refractivity contribution in [3.8, 4) is 0 Å². The number of Topliss-reactive ketones (excluding diaryl/α,β-unsaturated/α-hetero) is 1. The number of hydrogen-bond donors (Lipinski definition) is 0. The SMILES string of the molecule is CC(C(=O)CBr)N(C(=O)OC(C)(C)C)C1CC1. The Morgan fingerprint density at radius 2 is 1.94 bits per heavy atom. The molecule has 17 heavy (non-hydrogen) atoms. The van der Waals surface area contributed by atoms with Gasteiger partial charge in [-0.2, -0.15) is 0 Å². The van der Waals surface area contributed by atoms with Gasteiger partial charge >= 0.3 is 6.09 Å². The molecule has 1 aliphatic carbocycles. The van der Waals surface area contributed by atoms with Gasteiger partial charge in [-0.1, -0.05) is 15.9 Å². The lowest BCUT2D eigenvalue weighted by Crippen LogP contribution is -2.47. The number of carbonyl (C=O) groups excluding carboxylic acids is 2. The maximum Gasteiger partial charge on any atom is 0.411 e. The molecule has 1 atom stereocenters. The first kappa shape index (κ1) is 14.5. The third-order valence-electron chi connectivity index (χ3n) is 2.56. The van der Waals surface area contributed by atoms with E-state index in [1.807, 2.05) is 20.8 Å². The topological polar surface area (TPSA) is 46.6 Å². The zero-order valence-electron chi connectivity index (χ0n) is 10.8. The van der Waals surface area contributed by atoms with Gasteiger partial charge in [-0.05, 0) is 40.5 Å². The van der Waals surface area contributed by atoms with E-state index in [-0.39, 0.29) is 23.2 Å². The summed E-state index contributed by atoms with van der Waals surface area (Å²) < 4.78 is 5.34. The van der Waals surface area contributed by atoms with Gasteiger partial charge in [-0.3, -0.25) is 9.69 Å². The molecule has 1 rings (SSSR count). The van der Waals surface area contributed by atoms with E-state index in [1.165, 1.54) is 0 Å². The van der Waals surface area contributed by atoms with E-state index < -0.39 is 11.6 Å². The van der Waals surface area contributed by atoms with Crippen LogP contribution in [0.1, 0.15) is 40.5 Å². The second-order valence-electron chi connectivity index (χ2n) is 5.39. The number of ketones is 1. The Morgan fingerprint density at radius 3 is 2.29 bits per heavy atom. The number of rotatable bonds is 4. The normalized spacial score (nSPS) is 17.5. The van der Waals surface area contributed by atoms with Crippen LogP contribution in [0.3, 0.4) is 0 Å². The molecular weight excluding hydrogens is 286 g/mol. The predicted octanol–water partition coefficient (Wildman–Crippen LogP) is 2.74. The molecule has 1 saturated carbocycles. The molecule has 0 aromatic heterocycles. The molecule has 98 valence electrons. The van der Waals surface area contributed by atoms with Crippen LogP contribution >= 0.6 is 15.9 Å². The van der Waals surface area contributed by atoms with E-state index in [0.29, 0.717) is 0 Å². The zero-order chi connectivity index (χ0) is 13.2. The van der Waals surface area contributed by atoms with E-state index in [0.717, 1.165) is 12.8 Å². The number of halogens is 1. The Bertz CT molecular complexity index is 307. The number of carbonyl (C=O) groups is 2. The lowest BCUT2D eigenvalue weighted by molar-refractivity contribution is -0.121. The van der Waals surface area contributed by atoms with E-state index in [4.69, 9.17) is 4.74 Å². The van der Waals surface area contributed by atoms with Gasteiger partial charge in [0.15, 0.2) is 5.78 Å². The van der Waals surface area contributed by atoms with Gasteiger partial charge in [0.25, 0.3) is 0 Å². The predicted molar refractivity (Wildman–Crippen MR) is 69.4 cm³/mol. The molecule has 0 aromatic carbocycles. The number of nitrogens with zero attached hydrogens (tertiary/aromatic N) is 1. The summed E-state index contributed by atoms with van der Waals surface area (Å²) in [4.78, 5) is 25.3. The summed E-state index contributed by atoms with van der Waals surface area (Å²) in [5.74, 6) is 0.00255. The summed E-state index contributed by atoms with van der Waals surface area (Å²) in [7, 11) is 0. The fourth-order valence-corrected chi connectivity index (χ4v) is 2.03. The summed E-state index contributed by atoms with van der Waals surface area (Å²) in [5.41, 5.74) is -0.526. The van der Waals surface area contributed by atoms with Crippen molar-refractivity contribution >= 4 is 27.8 Å². The van der Waals surface area contributed by atoms with Crippen molar-refractivity contribution in [1.29, 1.82) is 0 Å². The van der Waals surface area contributed by atoms with Crippen LogP contribution in [0.15, 0.2) is 0 Å². The molecule has 5 heteroatoms. The molecule has 4 nitrogen and oxygen atoms in total. The average Bonchev–Trinajstić information content (AvgIpc) is 2.98. The maximum absolute atomic E-state index is 12.0. The van der Waals surface area contributed by atoms with Crippen LogP contribution in [0.2, 0.25) is 0 Å². The third kappa shape index (κ3) is 4.30. The minimum Gasteiger partial charge on any atom is -0.444 e. The van der Waals surface area contributed by atoms with E-state index in [2.05, 4.69) is 15.9 Å². The number of ether oxygens (including phenoxy) is 1. The summed E-state index contributed by atoms with van der Waals surface area (Å²) >= 11 is 3.14. The summed E-state index contributed by atoms with van der Waals surface area (Å²) in [6.45, 7) is 7.23. The van der Waals surface area contributed by atoms with Gasteiger partial charge in [0.05, 0.1) is 11.4 Å². The standard InChI is InChI=1S/C12H20BrNO3/c1-8(10(15)7-13)14(9-5-6-9)11(16)17-12(2,3)4/h8-9H,5-7H2,1-4H3. The van der Waals surface area contributed by atoms with Crippen LogP contribution in [0.4, 0.5) is 4.79 Å². The van der Waals surface area contributed by atoms with Crippen LogP contribution < -0.4 is 0 Å². The van der Waals surface area contributed by atoms with E-state index in [1.54, 1.807) is 11.8 Å². The van der Waals surface area contributed by atoms with Crippen molar-refractivity contribution in [3.63, 3.8) is 0 Å². The van der Waals surface area contributed by atoms with Crippen molar-refractivity contribution in [3.05, 3.63) is 0 Å². The van der Waals surface area contributed by atoms with Gasteiger partial charge in [-0.25, -0.2) is 4.79 Å². The highest BCUT2D eigenvalue weighted by atomic mass is 79.9. The summed E-state index contributed by atoms with van der Waals surface area (Å²) in [6, 6.07) is -0.250. The van der Waals surface area contributed by atoms with Crippen LogP contribution in [0, 0.1) is 0 Å². The van der Waals surface area contributed by atoms with Gasteiger partial charge in [0.1, 0.15) is 5.60 Å². The number of hydrogen-bond acceptors (Lipinski definition) is 3. The Morgan fingerprint density at radius 1 is 1.41 bits per heavy atom. The van der Waals surface area contributed by atoms with E-state index >= 15 is 0 Å². The molecule has 0 saturated heterocycles. The molecule has 0 spiro atoms. The third-order valence-corrected chi connectivity index (χ3v) is 3.11. The van der Waals surface area contributed by atoms with Gasteiger partial charge in [0.2, 0.25) is 0 Å². The molecule has 1 fully saturated rings. The first-order chi connectivity index (χ1) is 7.76. The molecule has 1 aliphatic rings. The Balaban J connectivity index is 2.72. The highest BCUT2D eigenvalue weighted by molar-refractivity contribution is 9.09. The van der Waals surface area contributed by atoms with Crippen molar-refractivity contribution in [1.82, 2.24) is 4.90 Å². The fourth-order valence-electron chi connectivity index (χ4n) is 1.56. The Hall–Kier alpha value is -0.580. The van der Waals surface area contributed by atoms with E-state index in [9.17, 15) is 9.59 Å². The monoisotopic (exact) mass is 305 g/mol. The van der Waals surface area contributed by atoms with Crippen molar-refractivity contribution in [2.24, 2.45) is 0 Å². The summed E-state index contributed by atoms with van der Waals surface area (Å²) in [6.07, 6.45) is 1.53. The number of alkyl halides is 1. The van der Waals surface area contributed by atoms with Crippen molar-refractivity contribution < 1.29 is 14.3 Å². The quantitative estimate of drug-likeness (QED) is 0.750. The second-order valence-corrected chi connectivity index (χ2v) is 5.96. The van der Waals surface area contributed by atoms with Crippen LogP contribution in [-0.4, -0.2) is 39.8 Å². The Labute approximate surface area is 111 Å². The first-order valence-corrected chi connectivity index (χ1v) is 6.98. The molecule has 0 heterocycles. The average molecular weight is 306 g/mol. The van der Waals surface area contributed by atoms with Crippen molar-refractivity contribution in [2.75, 3.05) is 5.33 Å². The molecule has 0 N–H and O–H groups in total. The van der Waals surface area contributed by atoms with Gasteiger partial charge in [-0.15, -0.1) is 0 Å². The molecule has 1 unspecified atom stereocenters. The van der Waals surface area contributed by atoms with Crippen LogP contribution in [0.5, 0.6) is 0 Å². The minimum atomic E-state index is -0.526. The zero-order valence-corrected chi connectivity index (χ0v) is 12.4. The second kappa shape index (κ2) is 5.38. The van der Waals surface area contributed by atoms with Gasteiger partial charge in [0, 0.05) is 6.04 Å². The largest absolute Gasteiger partial charge is 0.444 e. The highest BCUT2D eigenvalue weighted by Gasteiger charge is 2.40. The van der Waals surface area contributed by atoms with Crippen LogP contribution in [-0.2, 0) is 9.53 Å². The molecular formula is C12H20BrNO3. The molecule has 0 aromatic rings.